The molecule has 1 saturated heterocycles. The van der Waals surface area contributed by atoms with E-state index >= 15 is 0 Å². The van der Waals surface area contributed by atoms with Crippen LogP contribution in [0.3, 0.4) is 0 Å². The second kappa shape index (κ2) is 7.24. The third-order valence-corrected chi connectivity index (χ3v) is 5.22. The third kappa shape index (κ3) is 3.67. The standard InChI is InChI=1S/C16H17FN6OS/c17-14-7-13(1-2-15(14)23-10-19-21-22-23)24-8-12-9-25-16(20-12)11-3-5-18-6-4-11/h1-2,7,9-11,18H,3-6,8H2. The lowest BCUT2D eigenvalue weighted by atomic mass is 9.99. The third-order valence-electron chi connectivity index (χ3n) is 4.16. The van der Waals surface area contributed by atoms with Crippen LogP contribution in [0.1, 0.15) is 29.5 Å². The summed E-state index contributed by atoms with van der Waals surface area (Å²) in [6, 6.07) is 4.61. The summed E-state index contributed by atoms with van der Waals surface area (Å²) in [5.74, 6) is 0.539. The minimum atomic E-state index is -0.446. The average molecular weight is 360 g/mol. The monoisotopic (exact) mass is 360 g/mol. The van der Waals surface area contributed by atoms with Gasteiger partial charge in [0.2, 0.25) is 0 Å². The van der Waals surface area contributed by atoms with Crippen molar-refractivity contribution in [2.45, 2.75) is 25.4 Å². The second-order valence-corrected chi connectivity index (χ2v) is 6.75. The van der Waals surface area contributed by atoms with E-state index in [-0.39, 0.29) is 5.69 Å². The Bertz CT molecular complexity index is 831. The maximum Gasteiger partial charge on any atom is 0.152 e. The molecule has 25 heavy (non-hydrogen) atoms. The van der Waals surface area contributed by atoms with E-state index < -0.39 is 5.82 Å². The number of thiazole rings is 1. The summed E-state index contributed by atoms with van der Waals surface area (Å²) in [5, 5.41) is 17.2. The predicted molar refractivity (Wildman–Crippen MR) is 90.4 cm³/mol. The molecule has 9 heteroatoms. The van der Waals surface area contributed by atoms with Crippen LogP contribution in [0.5, 0.6) is 5.75 Å². The number of nitrogens with one attached hydrogen (secondary N) is 1. The molecule has 0 atom stereocenters. The first kappa shape index (κ1) is 16.1. The molecule has 2 aromatic heterocycles. The van der Waals surface area contributed by atoms with Crippen LogP contribution in [0, 0.1) is 5.82 Å². The van der Waals surface area contributed by atoms with Crippen molar-refractivity contribution in [3.8, 4) is 11.4 Å². The summed E-state index contributed by atoms with van der Waals surface area (Å²) >= 11 is 1.68. The molecule has 1 aliphatic heterocycles. The van der Waals surface area contributed by atoms with Crippen LogP contribution in [-0.2, 0) is 6.61 Å². The van der Waals surface area contributed by atoms with Crippen molar-refractivity contribution in [3.63, 3.8) is 0 Å². The number of tetrazole rings is 1. The van der Waals surface area contributed by atoms with E-state index in [4.69, 9.17) is 4.74 Å². The first-order valence-corrected chi connectivity index (χ1v) is 8.98. The summed E-state index contributed by atoms with van der Waals surface area (Å²) in [6.45, 7) is 2.41. The van der Waals surface area contributed by atoms with E-state index in [1.165, 1.54) is 22.1 Å². The highest BCUT2D eigenvalue weighted by molar-refractivity contribution is 7.09. The van der Waals surface area contributed by atoms with Crippen molar-refractivity contribution in [2.75, 3.05) is 13.1 Å². The largest absolute Gasteiger partial charge is 0.487 e. The van der Waals surface area contributed by atoms with Gasteiger partial charge in [-0.15, -0.1) is 16.4 Å². The van der Waals surface area contributed by atoms with E-state index in [0.717, 1.165) is 31.6 Å². The number of aromatic nitrogens is 5. The fraction of sp³-hybridized carbons (Fsp3) is 0.375. The number of halogens is 1. The minimum Gasteiger partial charge on any atom is -0.487 e. The molecular formula is C16H17FN6OS. The molecule has 0 unspecified atom stereocenters. The summed E-state index contributed by atoms with van der Waals surface area (Å²) in [4.78, 5) is 4.67. The smallest absolute Gasteiger partial charge is 0.152 e. The zero-order valence-electron chi connectivity index (χ0n) is 13.4. The van der Waals surface area contributed by atoms with Crippen molar-refractivity contribution in [1.29, 1.82) is 0 Å². The summed E-state index contributed by atoms with van der Waals surface area (Å²) in [5.41, 5.74) is 1.16. The SMILES string of the molecule is Fc1cc(OCc2csc(C3CCNCC3)n2)ccc1-n1cnnn1. The van der Waals surface area contributed by atoms with Crippen LogP contribution in [-0.4, -0.2) is 38.3 Å². The van der Waals surface area contributed by atoms with Gasteiger partial charge in [0, 0.05) is 17.4 Å². The van der Waals surface area contributed by atoms with Gasteiger partial charge in [0.25, 0.3) is 0 Å². The molecule has 0 spiro atoms. The number of rotatable bonds is 5. The van der Waals surface area contributed by atoms with E-state index in [0.29, 0.717) is 18.3 Å². The molecule has 3 heterocycles. The van der Waals surface area contributed by atoms with Gasteiger partial charge >= 0.3 is 0 Å². The topological polar surface area (TPSA) is 77.8 Å². The van der Waals surface area contributed by atoms with Crippen molar-refractivity contribution in [1.82, 2.24) is 30.5 Å². The van der Waals surface area contributed by atoms with Gasteiger partial charge in [-0.25, -0.2) is 9.37 Å². The van der Waals surface area contributed by atoms with Crippen LogP contribution < -0.4 is 10.1 Å². The van der Waals surface area contributed by atoms with Gasteiger partial charge in [-0.05, 0) is 48.5 Å². The van der Waals surface area contributed by atoms with Gasteiger partial charge < -0.3 is 10.1 Å². The number of hydrogen-bond donors (Lipinski definition) is 1. The molecule has 1 aromatic carbocycles. The molecule has 0 bridgehead atoms. The number of ether oxygens (including phenoxy) is 1. The van der Waals surface area contributed by atoms with E-state index in [1.54, 1.807) is 23.5 Å². The average Bonchev–Trinajstić information content (AvgIpc) is 3.33. The Morgan fingerprint density at radius 2 is 2.20 bits per heavy atom. The van der Waals surface area contributed by atoms with Crippen molar-refractivity contribution in [3.05, 3.63) is 46.4 Å². The Hall–Kier alpha value is -2.39. The Morgan fingerprint density at radius 1 is 1.32 bits per heavy atom. The fourth-order valence-electron chi connectivity index (χ4n) is 2.84. The zero-order chi connectivity index (χ0) is 17.1. The molecule has 0 amide bonds. The van der Waals surface area contributed by atoms with Gasteiger partial charge in [0.15, 0.2) is 5.82 Å². The number of nitrogens with zero attached hydrogens (tertiary/aromatic N) is 5. The van der Waals surface area contributed by atoms with Gasteiger partial charge in [-0.3, -0.25) is 0 Å². The summed E-state index contributed by atoms with van der Waals surface area (Å²) in [6.07, 6.45) is 3.59. The summed E-state index contributed by atoms with van der Waals surface area (Å²) in [7, 11) is 0. The van der Waals surface area contributed by atoms with E-state index in [2.05, 4.69) is 25.8 Å². The molecule has 0 aliphatic carbocycles. The lowest BCUT2D eigenvalue weighted by Crippen LogP contribution is -2.26. The highest BCUT2D eigenvalue weighted by atomic mass is 32.1. The molecule has 1 aliphatic rings. The molecule has 7 nitrogen and oxygen atoms in total. The van der Waals surface area contributed by atoms with Gasteiger partial charge in [-0.2, -0.15) is 4.68 Å². The van der Waals surface area contributed by atoms with Crippen LogP contribution in [0.25, 0.3) is 5.69 Å². The maximum absolute atomic E-state index is 14.2. The zero-order valence-corrected chi connectivity index (χ0v) is 14.2. The van der Waals surface area contributed by atoms with Crippen LogP contribution in [0.2, 0.25) is 0 Å². The lowest BCUT2D eigenvalue weighted by Gasteiger charge is -2.20. The minimum absolute atomic E-state index is 0.277. The van der Waals surface area contributed by atoms with Crippen LogP contribution >= 0.6 is 11.3 Å². The molecule has 3 aromatic rings. The highest BCUT2D eigenvalue weighted by Gasteiger charge is 2.18. The Kier molecular flexibility index (Phi) is 4.66. The number of piperidine rings is 1. The van der Waals surface area contributed by atoms with Crippen LogP contribution in [0.15, 0.2) is 29.9 Å². The molecular weight excluding hydrogens is 343 g/mol. The van der Waals surface area contributed by atoms with Crippen molar-refractivity contribution < 1.29 is 9.13 Å². The van der Waals surface area contributed by atoms with Gasteiger partial charge in [0.05, 0.1) is 10.7 Å². The Labute approximate surface area is 147 Å². The quantitative estimate of drug-likeness (QED) is 0.752. The van der Waals surface area contributed by atoms with Crippen molar-refractivity contribution in [2.24, 2.45) is 0 Å². The van der Waals surface area contributed by atoms with E-state index in [9.17, 15) is 4.39 Å². The molecule has 0 radical (unpaired) electrons. The van der Waals surface area contributed by atoms with Gasteiger partial charge in [0.1, 0.15) is 24.4 Å². The van der Waals surface area contributed by atoms with Crippen LogP contribution in [0.4, 0.5) is 4.39 Å². The Balaban J connectivity index is 1.40. The Morgan fingerprint density at radius 3 is 2.96 bits per heavy atom. The van der Waals surface area contributed by atoms with Crippen molar-refractivity contribution >= 4 is 11.3 Å². The highest BCUT2D eigenvalue weighted by Crippen LogP contribution is 2.28. The number of benzene rings is 1. The normalized spacial score (nSPS) is 15.4. The lowest BCUT2D eigenvalue weighted by molar-refractivity contribution is 0.300. The molecule has 4 rings (SSSR count). The molecule has 1 N–H and O–H groups in total. The first-order chi connectivity index (χ1) is 12.3. The maximum atomic E-state index is 14.2. The summed E-state index contributed by atoms with van der Waals surface area (Å²) < 4.78 is 21.1. The van der Waals surface area contributed by atoms with E-state index in [1.807, 2.05) is 5.38 Å². The second-order valence-electron chi connectivity index (χ2n) is 5.86. The van der Waals surface area contributed by atoms with Gasteiger partial charge in [-0.1, -0.05) is 0 Å². The molecule has 130 valence electrons. The first-order valence-electron chi connectivity index (χ1n) is 8.10. The molecule has 0 saturated carbocycles. The molecule has 1 fully saturated rings. The predicted octanol–water partition coefficient (Wildman–Crippen LogP) is 2.30. The number of hydrogen-bond acceptors (Lipinski definition) is 7. The fourth-order valence-corrected chi connectivity index (χ4v) is 3.81.